The van der Waals surface area contributed by atoms with Gasteiger partial charge < -0.3 is 25.1 Å². The Labute approximate surface area is 208 Å². The zero-order chi connectivity index (χ0) is 24.2. The van der Waals surface area contributed by atoms with Gasteiger partial charge in [-0.1, -0.05) is 12.6 Å². The number of piperazine rings is 1. The van der Waals surface area contributed by atoms with Crippen LogP contribution >= 0.6 is 11.3 Å². The first kappa shape index (κ1) is 22.9. The van der Waals surface area contributed by atoms with E-state index < -0.39 is 0 Å². The highest BCUT2D eigenvalue weighted by atomic mass is 32.1. The lowest BCUT2D eigenvalue weighted by molar-refractivity contribution is -0.111. The molecule has 1 aliphatic rings. The predicted octanol–water partition coefficient (Wildman–Crippen LogP) is 4.02. The largest absolute Gasteiger partial charge is 0.437 e. The summed E-state index contributed by atoms with van der Waals surface area (Å²) in [7, 11) is 2.16. The summed E-state index contributed by atoms with van der Waals surface area (Å²) in [4.78, 5) is 25.7. The second-order valence-electron chi connectivity index (χ2n) is 8.27. The van der Waals surface area contributed by atoms with Crippen LogP contribution in [0.25, 0.3) is 10.2 Å². The van der Waals surface area contributed by atoms with Gasteiger partial charge in [-0.15, -0.1) is 11.3 Å². The van der Waals surface area contributed by atoms with Gasteiger partial charge in [-0.05, 0) is 53.9 Å². The van der Waals surface area contributed by atoms with Crippen molar-refractivity contribution in [1.82, 2.24) is 14.8 Å². The molecule has 2 aromatic heterocycles. The Morgan fingerprint density at radius 3 is 2.63 bits per heavy atom. The van der Waals surface area contributed by atoms with E-state index >= 15 is 0 Å². The highest BCUT2D eigenvalue weighted by molar-refractivity contribution is 7.17. The molecular formula is C25H25BN6O2S. The molecule has 35 heavy (non-hydrogen) atoms. The van der Waals surface area contributed by atoms with Crippen LogP contribution in [0.1, 0.15) is 0 Å². The fourth-order valence-electron chi connectivity index (χ4n) is 3.85. The monoisotopic (exact) mass is 484 g/mol. The molecule has 5 rings (SSSR count). The molecule has 0 atom stereocenters. The van der Waals surface area contributed by atoms with E-state index in [1.165, 1.54) is 23.1 Å². The maximum atomic E-state index is 11.6. The lowest BCUT2D eigenvalue weighted by atomic mass is 10.2. The normalized spacial score (nSPS) is 14.0. The van der Waals surface area contributed by atoms with Crippen molar-refractivity contribution in [2.45, 2.75) is 0 Å². The van der Waals surface area contributed by atoms with Crippen LogP contribution in [0.5, 0.6) is 11.6 Å². The number of benzene rings is 2. The number of amides is 1. The number of carbonyl (C=O) groups excluding carboxylic acids is 1. The molecule has 2 aromatic carbocycles. The number of aromatic nitrogens is 2. The van der Waals surface area contributed by atoms with Gasteiger partial charge in [-0.25, -0.2) is 4.98 Å². The van der Waals surface area contributed by atoms with E-state index in [0.29, 0.717) is 23.3 Å². The van der Waals surface area contributed by atoms with Crippen molar-refractivity contribution in [2.24, 2.45) is 0 Å². The Morgan fingerprint density at radius 2 is 1.86 bits per heavy atom. The summed E-state index contributed by atoms with van der Waals surface area (Å²) in [5, 5.41) is 8.00. The van der Waals surface area contributed by atoms with Gasteiger partial charge in [0.15, 0.2) is 7.98 Å². The van der Waals surface area contributed by atoms with Crippen LogP contribution in [-0.2, 0) is 4.79 Å². The number of hydrogen-bond acceptors (Lipinski definition) is 8. The molecule has 1 aliphatic heterocycles. The molecule has 0 spiro atoms. The summed E-state index contributed by atoms with van der Waals surface area (Å²) in [5.41, 5.74) is 3.53. The molecule has 2 N–H and O–H groups in total. The molecule has 1 saturated heterocycles. The quantitative estimate of drug-likeness (QED) is 0.303. The first-order valence-corrected chi connectivity index (χ1v) is 12.2. The van der Waals surface area contributed by atoms with Crippen molar-refractivity contribution in [2.75, 3.05) is 41.7 Å². The average molecular weight is 484 g/mol. The fraction of sp³-hybridized carbons (Fsp3) is 0.160. The van der Waals surface area contributed by atoms with Gasteiger partial charge in [0.25, 0.3) is 0 Å². The maximum Gasteiger partial charge on any atom is 0.247 e. The number of thiophene rings is 1. The summed E-state index contributed by atoms with van der Waals surface area (Å²) in [6.45, 7) is 7.68. The van der Waals surface area contributed by atoms with Crippen LogP contribution in [0, 0.1) is 0 Å². The number of nitrogens with zero attached hydrogens (tertiary/aromatic N) is 4. The molecule has 0 bridgehead atoms. The number of nitrogens with one attached hydrogen (secondary N) is 2. The van der Waals surface area contributed by atoms with Gasteiger partial charge in [-0.3, -0.25) is 4.79 Å². The zero-order valence-electron chi connectivity index (χ0n) is 19.4. The lowest BCUT2D eigenvalue weighted by Crippen LogP contribution is -2.45. The van der Waals surface area contributed by atoms with Crippen molar-refractivity contribution >= 4 is 58.5 Å². The van der Waals surface area contributed by atoms with Crippen molar-refractivity contribution in [3.63, 3.8) is 0 Å². The smallest absolute Gasteiger partial charge is 0.247 e. The van der Waals surface area contributed by atoms with Gasteiger partial charge in [-0.2, -0.15) is 4.98 Å². The second kappa shape index (κ2) is 10.2. The number of hydrogen-bond donors (Lipinski definition) is 2. The third-order valence-electron chi connectivity index (χ3n) is 5.77. The molecular weight excluding hydrogens is 459 g/mol. The maximum absolute atomic E-state index is 11.6. The Morgan fingerprint density at radius 1 is 1.06 bits per heavy atom. The minimum atomic E-state index is -0.282. The summed E-state index contributed by atoms with van der Waals surface area (Å²) in [6, 6.07) is 17.4. The van der Waals surface area contributed by atoms with Crippen LogP contribution in [0.4, 0.5) is 23.0 Å². The van der Waals surface area contributed by atoms with E-state index in [1.54, 1.807) is 12.1 Å². The van der Waals surface area contributed by atoms with E-state index in [1.807, 2.05) is 35.7 Å². The number of carbonyl (C=O) groups is 1. The number of rotatable bonds is 7. The molecule has 4 aromatic rings. The first-order chi connectivity index (χ1) is 17.1. The van der Waals surface area contributed by atoms with Crippen LogP contribution in [0.15, 0.2) is 72.6 Å². The Kier molecular flexibility index (Phi) is 6.65. The molecule has 3 heterocycles. The SMILES string of the molecule is BN1CCN(c2ccc(Nc3nc(Oc4cccc(NC(=O)C=C)c4)c4sccc4n3)cc2)CC1. The predicted molar refractivity (Wildman–Crippen MR) is 145 cm³/mol. The van der Waals surface area contributed by atoms with Gasteiger partial charge in [0.05, 0.1) is 5.52 Å². The summed E-state index contributed by atoms with van der Waals surface area (Å²) >= 11 is 1.51. The van der Waals surface area contributed by atoms with Crippen molar-refractivity contribution in [3.8, 4) is 11.6 Å². The average Bonchev–Trinajstić information content (AvgIpc) is 3.34. The third kappa shape index (κ3) is 5.45. The van der Waals surface area contributed by atoms with E-state index in [2.05, 4.69) is 57.0 Å². The van der Waals surface area contributed by atoms with Crippen molar-refractivity contribution in [1.29, 1.82) is 0 Å². The molecule has 0 unspecified atom stereocenters. The zero-order valence-corrected chi connectivity index (χ0v) is 20.2. The molecule has 1 fully saturated rings. The van der Waals surface area contributed by atoms with Crippen molar-refractivity contribution < 1.29 is 9.53 Å². The minimum Gasteiger partial charge on any atom is -0.437 e. The molecule has 0 aliphatic carbocycles. The Balaban J connectivity index is 1.35. The molecule has 0 saturated carbocycles. The first-order valence-electron chi connectivity index (χ1n) is 11.3. The van der Waals surface area contributed by atoms with Crippen molar-refractivity contribution in [3.05, 3.63) is 72.6 Å². The fourth-order valence-corrected chi connectivity index (χ4v) is 4.61. The second-order valence-corrected chi connectivity index (χ2v) is 9.19. The molecule has 1 amide bonds. The summed E-state index contributed by atoms with van der Waals surface area (Å²) in [6.07, 6.45) is 1.22. The molecule has 10 heteroatoms. The number of anilines is 4. The standard InChI is InChI=1S/C25H25BN6O2S/c1-2-22(33)27-18-4-3-5-20(16-18)34-24-23-21(10-15-35-23)29-25(30-24)28-17-6-8-19(9-7-17)31-11-13-32(26)14-12-31/h2-10,15-16H,1,11-14,26H2,(H,27,33)(H,28,29,30). The van der Waals surface area contributed by atoms with Crippen LogP contribution in [0.3, 0.4) is 0 Å². The highest BCUT2D eigenvalue weighted by Gasteiger charge is 2.15. The summed E-state index contributed by atoms with van der Waals surface area (Å²) < 4.78 is 6.97. The van der Waals surface area contributed by atoms with Gasteiger partial charge in [0, 0.05) is 49.3 Å². The van der Waals surface area contributed by atoms with Gasteiger partial charge >= 0.3 is 0 Å². The number of ether oxygens (including phenoxy) is 1. The van der Waals surface area contributed by atoms with E-state index in [-0.39, 0.29) is 5.91 Å². The molecule has 8 nitrogen and oxygen atoms in total. The Hall–Kier alpha value is -3.89. The highest BCUT2D eigenvalue weighted by Crippen LogP contribution is 2.34. The van der Waals surface area contributed by atoms with E-state index in [4.69, 9.17) is 4.74 Å². The topological polar surface area (TPSA) is 82.6 Å². The van der Waals surface area contributed by atoms with Gasteiger partial charge in [0.1, 0.15) is 10.4 Å². The van der Waals surface area contributed by atoms with Gasteiger partial charge in [0.2, 0.25) is 17.7 Å². The molecule has 176 valence electrons. The minimum absolute atomic E-state index is 0.282. The third-order valence-corrected chi connectivity index (χ3v) is 6.66. The number of fused-ring (bicyclic) bond motifs is 1. The molecule has 0 radical (unpaired) electrons. The Bertz CT molecular complexity index is 1350. The lowest BCUT2D eigenvalue weighted by Gasteiger charge is -2.34. The van der Waals surface area contributed by atoms with Crippen LogP contribution < -0.4 is 20.3 Å². The van der Waals surface area contributed by atoms with E-state index in [9.17, 15) is 4.79 Å². The van der Waals surface area contributed by atoms with Crippen LogP contribution in [-0.4, -0.2) is 54.8 Å². The summed E-state index contributed by atoms with van der Waals surface area (Å²) in [5.74, 6) is 1.18. The van der Waals surface area contributed by atoms with E-state index in [0.717, 1.165) is 42.1 Å². The van der Waals surface area contributed by atoms with Crippen LogP contribution in [0.2, 0.25) is 0 Å².